The number of esters is 1. The average Bonchev–Trinajstić information content (AvgIpc) is 2.79. The molecule has 1 atom stereocenters. The van der Waals surface area contributed by atoms with Gasteiger partial charge in [-0.3, -0.25) is 9.35 Å². The lowest BCUT2D eigenvalue weighted by Crippen LogP contribution is -2.13. The van der Waals surface area contributed by atoms with Gasteiger partial charge in [0.25, 0.3) is 10.1 Å². The van der Waals surface area contributed by atoms with Crippen molar-refractivity contribution in [1.29, 1.82) is 0 Å². The van der Waals surface area contributed by atoms with Crippen LogP contribution in [0.25, 0.3) is 11.1 Å². The fourth-order valence-corrected chi connectivity index (χ4v) is 3.23. The van der Waals surface area contributed by atoms with Crippen molar-refractivity contribution < 1.29 is 22.5 Å². The maximum absolute atomic E-state index is 12.1. The first-order valence-electron chi connectivity index (χ1n) is 6.22. The van der Waals surface area contributed by atoms with Crippen LogP contribution in [0, 0.1) is 0 Å². The Balaban J connectivity index is 2.28. The Kier molecular flexibility index (Phi) is 3.07. The molecule has 0 amide bonds. The maximum atomic E-state index is 12.1. The van der Waals surface area contributed by atoms with Gasteiger partial charge in [0.2, 0.25) is 0 Å². The normalized spacial score (nSPS) is 16.2. The van der Waals surface area contributed by atoms with E-state index in [9.17, 15) is 17.8 Å². The van der Waals surface area contributed by atoms with Crippen LogP contribution in [-0.4, -0.2) is 26.0 Å². The number of carbonyl (C=O) groups excluding carboxylic acids is 1. The molecule has 108 valence electrons. The third-order valence-electron chi connectivity index (χ3n) is 3.63. The molecule has 1 unspecified atom stereocenters. The highest BCUT2D eigenvalue weighted by Crippen LogP contribution is 2.45. The molecule has 5 nitrogen and oxygen atoms in total. The number of fused-ring (bicyclic) bond motifs is 3. The zero-order chi connectivity index (χ0) is 15.2. The van der Waals surface area contributed by atoms with Gasteiger partial charge in [0, 0.05) is 0 Å². The Morgan fingerprint density at radius 2 is 1.76 bits per heavy atom. The van der Waals surface area contributed by atoms with Crippen molar-refractivity contribution in [2.75, 3.05) is 7.11 Å². The van der Waals surface area contributed by atoms with Crippen molar-refractivity contribution in [2.24, 2.45) is 0 Å². The first-order chi connectivity index (χ1) is 9.93. The van der Waals surface area contributed by atoms with E-state index in [0.717, 1.165) is 16.7 Å². The van der Waals surface area contributed by atoms with E-state index in [0.29, 0.717) is 5.56 Å². The third kappa shape index (κ3) is 2.12. The second-order valence-electron chi connectivity index (χ2n) is 4.77. The molecule has 0 saturated heterocycles. The molecule has 2 aromatic rings. The molecule has 1 N–H and O–H groups in total. The van der Waals surface area contributed by atoms with Gasteiger partial charge in [-0.2, -0.15) is 8.42 Å². The number of benzene rings is 2. The molecule has 0 heterocycles. The molecule has 1 aliphatic rings. The average molecular weight is 304 g/mol. The zero-order valence-corrected chi connectivity index (χ0v) is 11.9. The predicted octanol–water partition coefficient (Wildman–Crippen LogP) is 2.22. The summed E-state index contributed by atoms with van der Waals surface area (Å²) in [6.45, 7) is 0. The fourth-order valence-electron chi connectivity index (χ4n) is 2.72. The molecular formula is C15H12O5S. The van der Waals surface area contributed by atoms with E-state index in [1.807, 2.05) is 24.3 Å². The van der Waals surface area contributed by atoms with Crippen LogP contribution in [0.4, 0.5) is 0 Å². The van der Waals surface area contributed by atoms with Gasteiger partial charge in [0.15, 0.2) is 0 Å². The van der Waals surface area contributed by atoms with Crippen molar-refractivity contribution in [3.05, 3.63) is 53.6 Å². The van der Waals surface area contributed by atoms with E-state index in [-0.39, 0.29) is 4.90 Å². The van der Waals surface area contributed by atoms with E-state index < -0.39 is 22.0 Å². The van der Waals surface area contributed by atoms with E-state index >= 15 is 0 Å². The molecule has 0 spiro atoms. The Labute approximate surface area is 121 Å². The van der Waals surface area contributed by atoms with Gasteiger partial charge in [-0.05, 0) is 34.4 Å². The van der Waals surface area contributed by atoms with E-state index in [1.54, 1.807) is 6.07 Å². The van der Waals surface area contributed by atoms with Crippen molar-refractivity contribution in [3.63, 3.8) is 0 Å². The lowest BCUT2D eigenvalue weighted by atomic mass is 9.97. The summed E-state index contributed by atoms with van der Waals surface area (Å²) in [5.41, 5.74) is 2.93. The minimum atomic E-state index is -4.32. The fraction of sp³-hybridized carbons (Fsp3) is 0.133. The first kappa shape index (κ1) is 13.8. The van der Waals surface area contributed by atoms with E-state index in [1.165, 1.54) is 19.2 Å². The van der Waals surface area contributed by atoms with Crippen LogP contribution in [0.15, 0.2) is 47.4 Å². The Bertz CT molecular complexity index is 839. The van der Waals surface area contributed by atoms with Crippen molar-refractivity contribution in [2.45, 2.75) is 10.8 Å². The molecule has 0 aromatic heterocycles. The molecule has 0 saturated carbocycles. The maximum Gasteiger partial charge on any atom is 0.317 e. The lowest BCUT2D eigenvalue weighted by molar-refractivity contribution is -0.141. The number of rotatable bonds is 2. The van der Waals surface area contributed by atoms with Crippen LogP contribution >= 0.6 is 0 Å². The molecule has 0 radical (unpaired) electrons. The molecule has 6 heteroatoms. The van der Waals surface area contributed by atoms with Crippen LogP contribution in [0.2, 0.25) is 0 Å². The summed E-state index contributed by atoms with van der Waals surface area (Å²) in [6.07, 6.45) is 0. The van der Waals surface area contributed by atoms with Crippen LogP contribution in [0.1, 0.15) is 17.0 Å². The van der Waals surface area contributed by atoms with Crippen LogP contribution in [0.3, 0.4) is 0 Å². The van der Waals surface area contributed by atoms with Crippen molar-refractivity contribution in [1.82, 2.24) is 0 Å². The van der Waals surface area contributed by atoms with Gasteiger partial charge in [-0.25, -0.2) is 0 Å². The monoisotopic (exact) mass is 304 g/mol. The number of ether oxygens (including phenoxy) is 1. The number of methoxy groups -OCH3 is 1. The summed E-state index contributed by atoms with van der Waals surface area (Å²) in [5.74, 6) is -1.14. The van der Waals surface area contributed by atoms with Crippen molar-refractivity contribution >= 4 is 16.1 Å². The smallest absolute Gasteiger partial charge is 0.317 e. The highest BCUT2D eigenvalue weighted by atomic mass is 32.2. The van der Waals surface area contributed by atoms with Gasteiger partial charge in [-0.15, -0.1) is 0 Å². The summed E-state index contributed by atoms with van der Waals surface area (Å²) in [4.78, 5) is 11.8. The van der Waals surface area contributed by atoms with E-state index in [2.05, 4.69) is 0 Å². The van der Waals surface area contributed by atoms with Gasteiger partial charge in [0.1, 0.15) is 5.92 Å². The second-order valence-corrected chi connectivity index (χ2v) is 6.19. The third-order valence-corrected chi connectivity index (χ3v) is 4.48. The Hall–Kier alpha value is -2.18. The Morgan fingerprint density at radius 3 is 2.43 bits per heavy atom. The Morgan fingerprint density at radius 1 is 1.10 bits per heavy atom. The molecule has 3 rings (SSSR count). The predicted molar refractivity (Wildman–Crippen MR) is 75.6 cm³/mol. The quantitative estimate of drug-likeness (QED) is 0.679. The van der Waals surface area contributed by atoms with Gasteiger partial charge in [0.05, 0.1) is 12.0 Å². The number of hydrogen-bond donors (Lipinski definition) is 1. The highest BCUT2D eigenvalue weighted by Gasteiger charge is 2.35. The zero-order valence-electron chi connectivity index (χ0n) is 11.1. The number of carbonyl (C=O) groups is 1. The summed E-state index contributed by atoms with van der Waals surface area (Å²) in [7, 11) is -3.03. The van der Waals surface area contributed by atoms with Gasteiger partial charge in [-0.1, -0.05) is 30.3 Å². The minimum Gasteiger partial charge on any atom is -0.468 e. The summed E-state index contributed by atoms with van der Waals surface area (Å²) >= 11 is 0. The molecule has 21 heavy (non-hydrogen) atoms. The summed E-state index contributed by atoms with van der Waals surface area (Å²) in [6, 6.07) is 11.6. The van der Waals surface area contributed by atoms with Crippen molar-refractivity contribution in [3.8, 4) is 11.1 Å². The molecule has 0 fully saturated rings. The molecular weight excluding hydrogens is 292 g/mol. The first-order valence-corrected chi connectivity index (χ1v) is 7.66. The molecule has 2 aromatic carbocycles. The minimum absolute atomic E-state index is 0.233. The molecule has 0 bridgehead atoms. The summed E-state index contributed by atoms with van der Waals surface area (Å²) < 4.78 is 36.6. The standard InChI is InChI=1S/C15H12O5S/c1-20-15(16)14-12-5-3-2-4-10(12)11-7-6-9(8-13(11)14)21(17,18)19/h2-8,14H,1H3,(H,17,18,19). The largest absolute Gasteiger partial charge is 0.468 e. The highest BCUT2D eigenvalue weighted by molar-refractivity contribution is 7.85. The van der Waals surface area contributed by atoms with Crippen LogP contribution in [0.5, 0.6) is 0 Å². The van der Waals surface area contributed by atoms with Gasteiger partial charge < -0.3 is 4.74 Å². The molecule has 0 aliphatic heterocycles. The van der Waals surface area contributed by atoms with E-state index in [4.69, 9.17) is 4.74 Å². The summed E-state index contributed by atoms with van der Waals surface area (Å²) in [5, 5.41) is 0. The number of hydrogen-bond acceptors (Lipinski definition) is 4. The van der Waals surface area contributed by atoms with Crippen LogP contribution < -0.4 is 0 Å². The van der Waals surface area contributed by atoms with Crippen LogP contribution in [-0.2, 0) is 19.6 Å². The molecule has 1 aliphatic carbocycles. The topological polar surface area (TPSA) is 80.7 Å². The lowest BCUT2D eigenvalue weighted by Gasteiger charge is -2.11. The van der Waals surface area contributed by atoms with Gasteiger partial charge >= 0.3 is 5.97 Å². The second kappa shape index (κ2) is 4.68. The SMILES string of the molecule is COC(=O)C1c2ccccc2-c2ccc(S(=O)(=O)O)cc21.